The fourth-order valence-corrected chi connectivity index (χ4v) is 3.39. The summed E-state index contributed by atoms with van der Waals surface area (Å²) >= 11 is 0. The number of amides is 2. The van der Waals surface area contributed by atoms with Gasteiger partial charge in [0.05, 0.1) is 18.6 Å². The molecule has 0 bridgehead atoms. The van der Waals surface area contributed by atoms with Gasteiger partial charge >= 0.3 is 0 Å². The Bertz CT molecular complexity index is 710. The highest BCUT2D eigenvalue weighted by Gasteiger charge is 2.39. The summed E-state index contributed by atoms with van der Waals surface area (Å²) in [5, 5.41) is 6.61. The van der Waals surface area contributed by atoms with Crippen molar-refractivity contribution in [2.24, 2.45) is 0 Å². The zero-order chi connectivity index (χ0) is 18.5. The number of hydrogen-bond donors (Lipinski definition) is 1. The Labute approximate surface area is 152 Å². The standard InChI is InChI=1S/C18H24N4O4/c1-3-21(4-2)18(24)16-9-14(19-17(23)15-6-8-26-20-15)11-22(16)10-13-5-7-25-12-13/h5-8,12,14,16H,3-4,9-11H2,1-2H3,(H,19,23)/t14-,16-/m0/s1. The van der Waals surface area contributed by atoms with Crippen LogP contribution in [0.15, 0.2) is 39.9 Å². The predicted molar refractivity (Wildman–Crippen MR) is 93.2 cm³/mol. The van der Waals surface area contributed by atoms with Gasteiger partial charge < -0.3 is 19.2 Å². The second-order valence-corrected chi connectivity index (χ2v) is 6.38. The lowest BCUT2D eigenvalue weighted by Gasteiger charge is -2.28. The third-order valence-electron chi connectivity index (χ3n) is 4.74. The van der Waals surface area contributed by atoms with Crippen LogP contribution in [0, 0.1) is 0 Å². The molecule has 2 aromatic heterocycles. The summed E-state index contributed by atoms with van der Waals surface area (Å²) in [6, 6.07) is 3.01. The second-order valence-electron chi connectivity index (χ2n) is 6.38. The van der Waals surface area contributed by atoms with Gasteiger partial charge in [0.15, 0.2) is 5.69 Å². The molecular formula is C18H24N4O4. The summed E-state index contributed by atoms with van der Waals surface area (Å²) in [5.41, 5.74) is 1.25. The maximum atomic E-state index is 12.9. The Morgan fingerprint density at radius 2 is 2.12 bits per heavy atom. The minimum atomic E-state index is -0.289. The number of aromatic nitrogens is 1. The van der Waals surface area contributed by atoms with E-state index in [0.717, 1.165) is 5.56 Å². The number of carbonyl (C=O) groups excluding carboxylic acids is 2. The molecule has 0 spiro atoms. The third kappa shape index (κ3) is 3.96. The molecule has 1 fully saturated rings. The lowest BCUT2D eigenvalue weighted by molar-refractivity contribution is -0.135. The molecule has 8 heteroatoms. The molecule has 1 aliphatic rings. The Hall–Kier alpha value is -2.61. The highest BCUT2D eigenvalue weighted by molar-refractivity contribution is 5.92. The fraction of sp³-hybridized carbons (Fsp3) is 0.500. The average Bonchev–Trinajstić information content (AvgIpc) is 3.38. The van der Waals surface area contributed by atoms with Gasteiger partial charge in [0.2, 0.25) is 5.91 Å². The highest BCUT2D eigenvalue weighted by Crippen LogP contribution is 2.23. The maximum absolute atomic E-state index is 12.9. The minimum absolute atomic E-state index is 0.0941. The lowest BCUT2D eigenvalue weighted by atomic mass is 10.1. The fourth-order valence-electron chi connectivity index (χ4n) is 3.39. The minimum Gasteiger partial charge on any atom is -0.472 e. The topological polar surface area (TPSA) is 91.8 Å². The van der Waals surface area contributed by atoms with E-state index < -0.39 is 0 Å². The summed E-state index contributed by atoms with van der Waals surface area (Å²) in [4.78, 5) is 29.1. The molecule has 2 amide bonds. The molecule has 0 unspecified atom stereocenters. The largest absolute Gasteiger partial charge is 0.472 e. The van der Waals surface area contributed by atoms with Crippen LogP contribution in [0.4, 0.5) is 0 Å². The molecule has 8 nitrogen and oxygen atoms in total. The first-order valence-electron chi connectivity index (χ1n) is 8.87. The number of nitrogens with zero attached hydrogens (tertiary/aromatic N) is 3. The Morgan fingerprint density at radius 3 is 2.73 bits per heavy atom. The molecule has 26 heavy (non-hydrogen) atoms. The molecule has 1 N–H and O–H groups in total. The normalized spacial score (nSPS) is 20.2. The maximum Gasteiger partial charge on any atom is 0.273 e. The van der Waals surface area contributed by atoms with E-state index in [2.05, 4.69) is 15.4 Å². The number of rotatable bonds is 7. The molecule has 3 rings (SSSR count). The van der Waals surface area contributed by atoms with Gasteiger partial charge in [-0.2, -0.15) is 0 Å². The number of carbonyl (C=O) groups is 2. The van der Waals surface area contributed by atoms with Crippen LogP contribution in [0.3, 0.4) is 0 Å². The number of likely N-dealkylation sites (tertiary alicyclic amines) is 1. The van der Waals surface area contributed by atoms with Crippen molar-refractivity contribution >= 4 is 11.8 Å². The van der Waals surface area contributed by atoms with Gasteiger partial charge in [-0.25, -0.2) is 0 Å². The molecule has 1 aliphatic heterocycles. The van der Waals surface area contributed by atoms with Crippen LogP contribution in [0.2, 0.25) is 0 Å². The van der Waals surface area contributed by atoms with E-state index in [1.54, 1.807) is 12.5 Å². The van der Waals surface area contributed by atoms with E-state index in [9.17, 15) is 9.59 Å². The van der Waals surface area contributed by atoms with Crippen LogP contribution < -0.4 is 5.32 Å². The van der Waals surface area contributed by atoms with Crippen LogP contribution in [0.25, 0.3) is 0 Å². The van der Waals surface area contributed by atoms with Gasteiger partial charge in [-0.1, -0.05) is 5.16 Å². The van der Waals surface area contributed by atoms with Gasteiger partial charge in [0, 0.05) is 43.9 Å². The monoisotopic (exact) mass is 360 g/mol. The Morgan fingerprint density at radius 1 is 1.31 bits per heavy atom. The zero-order valence-corrected chi connectivity index (χ0v) is 15.1. The van der Waals surface area contributed by atoms with E-state index in [1.807, 2.05) is 24.8 Å². The van der Waals surface area contributed by atoms with Gasteiger partial charge in [0.1, 0.15) is 6.26 Å². The first kappa shape index (κ1) is 18.2. The first-order chi connectivity index (χ1) is 12.6. The van der Waals surface area contributed by atoms with Crippen LogP contribution in [0.1, 0.15) is 36.3 Å². The molecule has 2 aromatic rings. The SMILES string of the molecule is CCN(CC)C(=O)[C@@H]1C[C@H](NC(=O)c2ccon2)CN1Cc1ccoc1. The summed E-state index contributed by atoms with van der Waals surface area (Å²) in [5.74, 6) is -0.195. The smallest absolute Gasteiger partial charge is 0.273 e. The third-order valence-corrected chi connectivity index (χ3v) is 4.74. The van der Waals surface area contributed by atoms with Crippen molar-refractivity contribution in [1.82, 2.24) is 20.3 Å². The van der Waals surface area contributed by atoms with Crippen molar-refractivity contribution < 1.29 is 18.5 Å². The molecule has 3 heterocycles. The first-order valence-corrected chi connectivity index (χ1v) is 8.87. The van der Waals surface area contributed by atoms with Crippen molar-refractivity contribution in [1.29, 1.82) is 0 Å². The van der Waals surface area contributed by atoms with E-state index in [0.29, 0.717) is 32.6 Å². The molecular weight excluding hydrogens is 336 g/mol. The predicted octanol–water partition coefficient (Wildman–Crippen LogP) is 1.51. The molecule has 1 saturated heterocycles. The van der Waals surface area contributed by atoms with Crippen molar-refractivity contribution in [3.63, 3.8) is 0 Å². The Balaban J connectivity index is 1.71. The van der Waals surface area contributed by atoms with Gasteiger partial charge in [-0.3, -0.25) is 14.5 Å². The van der Waals surface area contributed by atoms with Crippen molar-refractivity contribution in [2.45, 2.75) is 38.9 Å². The molecule has 2 atom stereocenters. The zero-order valence-electron chi connectivity index (χ0n) is 15.1. The van der Waals surface area contributed by atoms with E-state index in [-0.39, 0.29) is 29.6 Å². The van der Waals surface area contributed by atoms with Crippen molar-refractivity contribution in [2.75, 3.05) is 19.6 Å². The lowest BCUT2D eigenvalue weighted by Crippen LogP contribution is -2.45. The van der Waals surface area contributed by atoms with Crippen molar-refractivity contribution in [3.05, 3.63) is 42.2 Å². The van der Waals surface area contributed by atoms with Crippen LogP contribution in [-0.4, -0.2) is 58.5 Å². The van der Waals surface area contributed by atoms with Gasteiger partial charge in [-0.05, 0) is 26.3 Å². The molecule has 0 radical (unpaired) electrons. The number of nitrogens with one attached hydrogen (secondary N) is 1. The molecule has 0 saturated carbocycles. The van der Waals surface area contributed by atoms with E-state index in [4.69, 9.17) is 8.94 Å². The van der Waals surface area contributed by atoms with Crippen LogP contribution in [0.5, 0.6) is 0 Å². The van der Waals surface area contributed by atoms with E-state index >= 15 is 0 Å². The van der Waals surface area contributed by atoms with Crippen LogP contribution >= 0.6 is 0 Å². The summed E-state index contributed by atoms with van der Waals surface area (Å²) in [7, 11) is 0. The molecule has 0 aliphatic carbocycles. The quantitative estimate of drug-likeness (QED) is 0.805. The number of likely N-dealkylation sites (N-methyl/N-ethyl adjacent to an activating group) is 1. The summed E-state index contributed by atoms with van der Waals surface area (Å²) in [6.45, 7) is 6.47. The van der Waals surface area contributed by atoms with E-state index in [1.165, 1.54) is 12.3 Å². The van der Waals surface area contributed by atoms with Gasteiger partial charge in [0.25, 0.3) is 5.91 Å². The molecule has 140 valence electrons. The van der Waals surface area contributed by atoms with Gasteiger partial charge in [-0.15, -0.1) is 0 Å². The van der Waals surface area contributed by atoms with Crippen LogP contribution in [-0.2, 0) is 11.3 Å². The summed E-state index contributed by atoms with van der Waals surface area (Å²) in [6.07, 6.45) is 5.23. The highest BCUT2D eigenvalue weighted by atomic mass is 16.5. The number of furan rings is 1. The number of hydrogen-bond acceptors (Lipinski definition) is 6. The summed E-state index contributed by atoms with van der Waals surface area (Å²) < 4.78 is 9.86. The second kappa shape index (κ2) is 8.18. The Kier molecular flexibility index (Phi) is 5.72. The average molecular weight is 360 g/mol. The van der Waals surface area contributed by atoms with Crippen molar-refractivity contribution in [3.8, 4) is 0 Å². The molecule has 0 aromatic carbocycles.